The molecule has 0 aliphatic carbocycles. The molecule has 3 N–H and O–H groups in total. The zero-order valence-corrected chi connectivity index (χ0v) is 9.96. The maximum absolute atomic E-state index is 13.2. The van der Waals surface area contributed by atoms with Crippen LogP contribution in [0.2, 0.25) is 0 Å². The number of aliphatic hydroxyl groups is 1. The van der Waals surface area contributed by atoms with Gasteiger partial charge in [0.05, 0.1) is 11.3 Å². The smallest absolute Gasteiger partial charge is 0.319 e. The van der Waals surface area contributed by atoms with Gasteiger partial charge in [0.1, 0.15) is 5.82 Å². The van der Waals surface area contributed by atoms with Crippen molar-refractivity contribution in [2.75, 3.05) is 11.9 Å². The monoisotopic (exact) mass is 240 g/mol. The summed E-state index contributed by atoms with van der Waals surface area (Å²) in [5, 5.41) is 14.5. The summed E-state index contributed by atoms with van der Waals surface area (Å²) < 4.78 is 13.2. The molecule has 0 radical (unpaired) electrons. The number of carbonyl (C=O) groups is 1. The average molecular weight is 240 g/mol. The number of rotatable bonds is 4. The predicted molar refractivity (Wildman–Crippen MR) is 64.3 cm³/mol. The summed E-state index contributed by atoms with van der Waals surface area (Å²) in [5.41, 5.74) is -0.840. The van der Waals surface area contributed by atoms with Gasteiger partial charge in [-0.1, -0.05) is 19.1 Å². The minimum Gasteiger partial charge on any atom is -0.388 e. The Morgan fingerprint density at radius 1 is 1.47 bits per heavy atom. The molecule has 0 aromatic heterocycles. The third kappa shape index (κ3) is 4.40. The van der Waals surface area contributed by atoms with E-state index in [9.17, 15) is 14.3 Å². The van der Waals surface area contributed by atoms with E-state index < -0.39 is 17.4 Å². The number of hydrogen-bond acceptors (Lipinski definition) is 2. The quantitative estimate of drug-likeness (QED) is 0.754. The van der Waals surface area contributed by atoms with Crippen molar-refractivity contribution >= 4 is 11.7 Å². The number of urea groups is 1. The number of amides is 2. The third-order valence-electron chi connectivity index (χ3n) is 2.51. The molecule has 0 aliphatic heterocycles. The number of benzene rings is 1. The number of carbonyl (C=O) groups excluding carboxylic acids is 1. The van der Waals surface area contributed by atoms with Crippen LogP contribution in [-0.4, -0.2) is 23.3 Å². The number of hydrogen-bond donors (Lipinski definition) is 3. The van der Waals surface area contributed by atoms with Crippen LogP contribution >= 0.6 is 0 Å². The van der Waals surface area contributed by atoms with Crippen molar-refractivity contribution in [1.29, 1.82) is 0 Å². The van der Waals surface area contributed by atoms with Gasteiger partial charge in [-0.2, -0.15) is 0 Å². The van der Waals surface area contributed by atoms with E-state index in [1.807, 2.05) is 6.92 Å². The van der Waals surface area contributed by atoms with E-state index in [0.29, 0.717) is 6.42 Å². The Morgan fingerprint density at radius 3 is 2.71 bits per heavy atom. The minimum atomic E-state index is -0.952. The number of para-hydroxylation sites is 1. The SMILES string of the molecule is CC[C@](C)(O)CNC(=O)Nc1ccccc1F. The Kier molecular flexibility index (Phi) is 4.45. The third-order valence-corrected chi connectivity index (χ3v) is 2.51. The van der Waals surface area contributed by atoms with E-state index in [1.165, 1.54) is 12.1 Å². The first-order valence-electron chi connectivity index (χ1n) is 5.46. The van der Waals surface area contributed by atoms with Crippen LogP contribution in [0.4, 0.5) is 14.9 Å². The summed E-state index contributed by atoms with van der Waals surface area (Å²) in [5.74, 6) is -0.495. The highest BCUT2D eigenvalue weighted by Gasteiger charge is 2.18. The molecule has 0 saturated carbocycles. The highest BCUT2D eigenvalue weighted by molar-refractivity contribution is 5.89. The van der Waals surface area contributed by atoms with E-state index in [2.05, 4.69) is 10.6 Å². The van der Waals surface area contributed by atoms with Gasteiger partial charge in [0.25, 0.3) is 0 Å². The van der Waals surface area contributed by atoms with Gasteiger partial charge >= 0.3 is 6.03 Å². The molecular formula is C12H17FN2O2. The molecule has 0 aliphatic rings. The minimum absolute atomic E-state index is 0.112. The van der Waals surface area contributed by atoms with Crippen LogP contribution in [0.15, 0.2) is 24.3 Å². The summed E-state index contributed by atoms with van der Waals surface area (Å²) in [6.45, 7) is 3.55. The summed E-state index contributed by atoms with van der Waals surface area (Å²) in [4.78, 5) is 11.4. The van der Waals surface area contributed by atoms with Crippen molar-refractivity contribution in [3.05, 3.63) is 30.1 Å². The van der Waals surface area contributed by atoms with Gasteiger partial charge in [-0.05, 0) is 25.5 Å². The van der Waals surface area contributed by atoms with Gasteiger partial charge < -0.3 is 15.7 Å². The normalized spacial score (nSPS) is 13.9. The fourth-order valence-electron chi connectivity index (χ4n) is 1.12. The summed E-state index contributed by atoms with van der Waals surface area (Å²) in [6.07, 6.45) is 0.521. The lowest BCUT2D eigenvalue weighted by Gasteiger charge is -2.21. The lowest BCUT2D eigenvalue weighted by atomic mass is 10.0. The van der Waals surface area contributed by atoms with Gasteiger partial charge in [-0.15, -0.1) is 0 Å². The molecule has 0 heterocycles. The second-order valence-corrected chi connectivity index (χ2v) is 4.14. The van der Waals surface area contributed by atoms with Crippen LogP contribution in [0, 0.1) is 5.82 Å². The Bertz CT molecular complexity index is 394. The molecule has 17 heavy (non-hydrogen) atoms. The fraction of sp³-hybridized carbons (Fsp3) is 0.417. The first-order valence-corrected chi connectivity index (χ1v) is 5.46. The average Bonchev–Trinajstić information content (AvgIpc) is 2.30. The van der Waals surface area contributed by atoms with E-state index in [4.69, 9.17) is 0 Å². The molecule has 1 aromatic rings. The molecule has 5 heteroatoms. The molecule has 0 fully saturated rings. The highest BCUT2D eigenvalue weighted by atomic mass is 19.1. The van der Waals surface area contributed by atoms with E-state index >= 15 is 0 Å². The maximum atomic E-state index is 13.2. The molecule has 4 nitrogen and oxygen atoms in total. The maximum Gasteiger partial charge on any atom is 0.319 e. The summed E-state index contributed by atoms with van der Waals surface area (Å²) in [6, 6.07) is 5.36. The Balaban J connectivity index is 2.48. The molecule has 2 amide bonds. The fourth-order valence-corrected chi connectivity index (χ4v) is 1.12. The Hall–Kier alpha value is -1.62. The molecule has 1 rings (SSSR count). The van der Waals surface area contributed by atoms with Gasteiger partial charge in [0.15, 0.2) is 0 Å². The molecule has 0 saturated heterocycles. The van der Waals surface area contributed by atoms with Crippen molar-refractivity contribution < 1.29 is 14.3 Å². The lowest BCUT2D eigenvalue weighted by Crippen LogP contribution is -2.41. The van der Waals surface area contributed by atoms with Crippen molar-refractivity contribution in [2.45, 2.75) is 25.9 Å². The first kappa shape index (κ1) is 13.4. The molecule has 0 bridgehead atoms. The summed E-state index contributed by atoms with van der Waals surface area (Å²) >= 11 is 0. The van der Waals surface area contributed by atoms with Crippen LogP contribution in [0.3, 0.4) is 0 Å². The zero-order valence-electron chi connectivity index (χ0n) is 9.96. The van der Waals surface area contributed by atoms with Gasteiger partial charge in [0.2, 0.25) is 0 Å². The van der Waals surface area contributed by atoms with Crippen molar-refractivity contribution in [3.8, 4) is 0 Å². The Morgan fingerprint density at radius 2 is 2.12 bits per heavy atom. The van der Waals surface area contributed by atoms with Gasteiger partial charge in [-0.25, -0.2) is 9.18 Å². The number of halogens is 1. The second kappa shape index (κ2) is 5.63. The van der Waals surface area contributed by atoms with E-state index in [-0.39, 0.29) is 12.2 Å². The highest BCUT2D eigenvalue weighted by Crippen LogP contribution is 2.12. The van der Waals surface area contributed by atoms with Crippen LogP contribution in [0.25, 0.3) is 0 Å². The van der Waals surface area contributed by atoms with Crippen molar-refractivity contribution in [3.63, 3.8) is 0 Å². The molecule has 94 valence electrons. The number of nitrogens with one attached hydrogen (secondary N) is 2. The standard InChI is InChI=1S/C12H17FN2O2/c1-3-12(2,17)8-14-11(16)15-10-7-5-4-6-9(10)13/h4-7,17H,3,8H2,1-2H3,(H2,14,15,16)/t12-/m0/s1. The number of anilines is 1. The molecular weight excluding hydrogens is 223 g/mol. The van der Waals surface area contributed by atoms with Gasteiger partial charge in [0, 0.05) is 6.54 Å². The van der Waals surface area contributed by atoms with Crippen LogP contribution in [0.1, 0.15) is 20.3 Å². The van der Waals surface area contributed by atoms with Crippen LogP contribution in [0.5, 0.6) is 0 Å². The topological polar surface area (TPSA) is 61.4 Å². The second-order valence-electron chi connectivity index (χ2n) is 4.14. The molecule has 1 aromatic carbocycles. The van der Waals surface area contributed by atoms with Gasteiger partial charge in [-0.3, -0.25) is 0 Å². The van der Waals surface area contributed by atoms with Crippen LogP contribution in [-0.2, 0) is 0 Å². The van der Waals surface area contributed by atoms with Crippen molar-refractivity contribution in [2.24, 2.45) is 0 Å². The van der Waals surface area contributed by atoms with E-state index in [1.54, 1.807) is 19.1 Å². The Labute approximate surface area is 99.8 Å². The summed E-state index contributed by atoms with van der Waals surface area (Å²) in [7, 11) is 0. The molecule has 0 unspecified atom stereocenters. The molecule has 0 spiro atoms. The molecule has 1 atom stereocenters. The van der Waals surface area contributed by atoms with Crippen molar-refractivity contribution in [1.82, 2.24) is 5.32 Å². The van der Waals surface area contributed by atoms with E-state index in [0.717, 1.165) is 0 Å². The zero-order chi connectivity index (χ0) is 12.9. The predicted octanol–water partition coefficient (Wildman–Crippen LogP) is 2.11. The lowest BCUT2D eigenvalue weighted by molar-refractivity contribution is 0.0587. The first-order chi connectivity index (χ1) is 7.94. The largest absolute Gasteiger partial charge is 0.388 e. The van der Waals surface area contributed by atoms with Crippen LogP contribution < -0.4 is 10.6 Å².